The number of halogens is 42. The maximum absolute atomic E-state index is 14.0. The van der Waals surface area contributed by atoms with Crippen LogP contribution >= 0.6 is 23.2 Å². The standard InChI is InChI=1S/C20Cl2F40/c21-1(23,19(22,58)59)2(24,25)3(26,27)4(28,29)5(30,31)6(32,33)7(34,35)8(36,37)9(38,39)10(40,41)11(42,43)12(44,45)13(46,47)14(48,49)15(50,51)16(52,53)17(54,55)18(56,57)20(60,61)62. The average molecular weight is 1070 g/mol. The first kappa shape index (κ1) is 59.8. The summed E-state index contributed by atoms with van der Waals surface area (Å²) >= 11 is 6.69. The first-order valence-electron chi connectivity index (χ1n) is 12.7. The summed E-state index contributed by atoms with van der Waals surface area (Å²) in [6.45, 7) is 0. The Bertz CT molecular complexity index is 1510. The quantitative estimate of drug-likeness (QED) is 0.0948. The zero-order valence-corrected chi connectivity index (χ0v) is 27.4. The summed E-state index contributed by atoms with van der Waals surface area (Å²) < 4.78 is 541. The summed E-state index contributed by atoms with van der Waals surface area (Å²) in [6.07, 6.45) is -8.51. The summed E-state index contributed by atoms with van der Waals surface area (Å²) in [5.74, 6) is -171. The maximum atomic E-state index is 14.0. The van der Waals surface area contributed by atoms with Gasteiger partial charge in [-0.2, -0.15) is 171 Å². The van der Waals surface area contributed by atoms with Crippen molar-refractivity contribution in [3.8, 4) is 0 Å². The van der Waals surface area contributed by atoms with Crippen molar-refractivity contribution < 1.29 is 176 Å². The molecule has 0 spiro atoms. The van der Waals surface area contributed by atoms with E-state index in [1.807, 2.05) is 0 Å². The van der Waals surface area contributed by atoms with Crippen molar-refractivity contribution in [3.05, 3.63) is 0 Å². The molecule has 0 radical (unpaired) electrons. The minimum Gasteiger partial charge on any atom is -0.211 e. The lowest BCUT2D eigenvalue weighted by molar-refractivity contribution is -0.494. The van der Waals surface area contributed by atoms with Crippen LogP contribution in [-0.4, -0.2) is 117 Å². The molecule has 42 heteroatoms. The van der Waals surface area contributed by atoms with Crippen LogP contribution in [0.25, 0.3) is 0 Å². The summed E-state index contributed by atoms with van der Waals surface area (Å²) in [5, 5.41) is -14.8. The van der Waals surface area contributed by atoms with Crippen LogP contribution in [0.4, 0.5) is 176 Å². The molecular formula is C20Cl2F40. The molecule has 0 nitrogen and oxygen atoms in total. The van der Waals surface area contributed by atoms with E-state index in [1.165, 1.54) is 0 Å². The van der Waals surface area contributed by atoms with Crippen LogP contribution in [0.5, 0.6) is 0 Å². The molecule has 1 atom stereocenters. The molecule has 0 aromatic heterocycles. The fourth-order valence-electron chi connectivity index (χ4n) is 3.51. The van der Waals surface area contributed by atoms with Gasteiger partial charge in [0.05, 0.1) is 0 Å². The summed E-state index contributed by atoms with van der Waals surface area (Å²) in [5.41, 5.74) is 0. The molecule has 0 heterocycles. The minimum absolute atomic E-state index is 3.33. The zero-order chi connectivity index (χ0) is 52.0. The topological polar surface area (TPSA) is 0 Å². The molecule has 1 unspecified atom stereocenters. The van der Waals surface area contributed by atoms with Crippen molar-refractivity contribution in [1.82, 2.24) is 0 Å². The van der Waals surface area contributed by atoms with Gasteiger partial charge in [-0.05, 0) is 11.6 Å². The van der Waals surface area contributed by atoms with Crippen molar-refractivity contribution in [2.24, 2.45) is 0 Å². The lowest BCUT2D eigenvalue weighted by Crippen LogP contribution is -2.80. The minimum atomic E-state index is -10.6. The highest BCUT2D eigenvalue weighted by Crippen LogP contribution is 2.71. The second-order valence-electron chi connectivity index (χ2n) is 11.3. The Hall–Kier alpha value is -2.22. The highest BCUT2D eigenvalue weighted by atomic mass is 35.5. The molecule has 0 aliphatic carbocycles. The molecule has 0 bridgehead atoms. The Kier molecular flexibility index (Phi) is 13.6. The maximum Gasteiger partial charge on any atom is 0.460 e. The lowest BCUT2D eigenvalue weighted by Gasteiger charge is -2.47. The largest absolute Gasteiger partial charge is 0.460 e. The van der Waals surface area contributed by atoms with E-state index < -0.39 is 117 Å². The Morgan fingerprint density at radius 2 is 0.242 bits per heavy atom. The van der Waals surface area contributed by atoms with Gasteiger partial charge in [-0.3, -0.25) is 0 Å². The molecule has 374 valence electrons. The fraction of sp³-hybridized carbons (Fsp3) is 1.00. The number of alkyl halides is 42. The van der Waals surface area contributed by atoms with Crippen molar-refractivity contribution in [2.45, 2.75) is 117 Å². The van der Waals surface area contributed by atoms with E-state index in [-0.39, 0.29) is 0 Å². The highest BCUT2D eigenvalue weighted by Gasteiger charge is 3.03. The molecule has 0 aromatic carbocycles. The van der Waals surface area contributed by atoms with Crippen molar-refractivity contribution in [3.63, 3.8) is 0 Å². The summed E-state index contributed by atoms with van der Waals surface area (Å²) in [7, 11) is 0. The van der Waals surface area contributed by atoms with Gasteiger partial charge < -0.3 is 0 Å². The van der Waals surface area contributed by atoms with Gasteiger partial charge in [-0.1, -0.05) is 11.6 Å². The third-order valence-electron chi connectivity index (χ3n) is 7.42. The van der Waals surface area contributed by atoms with Crippen LogP contribution in [-0.2, 0) is 0 Å². The normalized spacial score (nSPS) is 18.3. The van der Waals surface area contributed by atoms with Crippen LogP contribution in [0.2, 0.25) is 0 Å². The SMILES string of the molecule is FC(F)(F)C(F)(F)C(F)(F)C(F)(F)C(F)(F)C(F)(F)C(F)(F)C(F)(F)C(F)(F)C(F)(F)C(F)(F)C(F)(F)C(F)(F)C(F)(F)C(F)(F)C(F)(F)C(F)(F)C(F)(F)C(F)(Cl)C(F)(F)Cl. The third-order valence-corrected chi connectivity index (χ3v) is 8.25. The predicted molar refractivity (Wildman–Crippen MR) is 111 cm³/mol. The molecule has 0 aliphatic rings. The van der Waals surface area contributed by atoms with E-state index in [0.29, 0.717) is 0 Å². The van der Waals surface area contributed by atoms with Gasteiger partial charge in [-0.25, -0.2) is 4.39 Å². The Labute approximate surface area is 317 Å². The van der Waals surface area contributed by atoms with Gasteiger partial charge >= 0.3 is 117 Å². The first-order chi connectivity index (χ1) is 25.8. The number of hydrogen-bond acceptors (Lipinski definition) is 0. The monoisotopic (exact) mass is 1070 g/mol. The van der Waals surface area contributed by atoms with E-state index >= 15 is 0 Å². The van der Waals surface area contributed by atoms with Crippen LogP contribution in [0.15, 0.2) is 0 Å². The van der Waals surface area contributed by atoms with Crippen LogP contribution in [0.3, 0.4) is 0 Å². The zero-order valence-electron chi connectivity index (χ0n) is 25.9. The van der Waals surface area contributed by atoms with E-state index in [9.17, 15) is 176 Å². The van der Waals surface area contributed by atoms with Gasteiger partial charge in [0.1, 0.15) is 0 Å². The summed E-state index contributed by atoms with van der Waals surface area (Å²) in [6, 6.07) is 0. The van der Waals surface area contributed by atoms with Gasteiger partial charge in [0.25, 0.3) is 0 Å². The Balaban J connectivity index is 7.98. The molecule has 0 fully saturated rings. The molecule has 0 aliphatic heterocycles. The lowest BCUT2D eigenvalue weighted by atomic mass is 9.82. The molecule has 62 heavy (non-hydrogen) atoms. The second kappa shape index (κ2) is 14.1. The molecule has 0 saturated heterocycles. The van der Waals surface area contributed by atoms with E-state index in [2.05, 4.69) is 23.2 Å². The number of hydrogen-bond donors (Lipinski definition) is 0. The Morgan fingerprint density at radius 3 is 0.339 bits per heavy atom. The highest BCUT2D eigenvalue weighted by molar-refractivity contribution is 6.33. The molecule has 0 amide bonds. The first-order valence-corrected chi connectivity index (χ1v) is 13.4. The molecule has 0 rings (SSSR count). The van der Waals surface area contributed by atoms with Gasteiger partial charge in [0.15, 0.2) is 0 Å². The molecule has 0 N–H and O–H groups in total. The van der Waals surface area contributed by atoms with Crippen molar-refractivity contribution in [1.29, 1.82) is 0 Å². The fourth-order valence-corrected chi connectivity index (χ4v) is 3.75. The Morgan fingerprint density at radius 1 is 0.145 bits per heavy atom. The molecule has 0 saturated carbocycles. The van der Waals surface area contributed by atoms with Crippen LogP contribution in [0, 0.1) is 0 Å². The van der Waals surface area contributed by atoms with Gasteiger partial charge in [0, 0.05) is 0 Å². The van der Waals surface area contributed by atoms with Crippen molar-refractivity contribution >= 4 is 23.2 Å². The van der Waals surface area contributed by atoms with E-state index in [4.69, 9.17) is 0 Å². The van der Waals surface area contributed by atoms with E-state index in [0.717, 1.165) is 0 Å². The van der Waals surface area contributed by atoms with Gasteiger partial charge in [-0.15, -0.1) is 0 Å². The van der Waals surface area contributed by atoms with Gasteiger partial charge in [0.2, 0.25) is 0 Å². The third kappa shape index (κ3) is 6.54. The summed E-state index contributed by atoms with van der Waals surface area (Å²) in [4.78, 5) is 0. The molecule has 0 aromatic rings. The van der Waals surface area contributed by atoms with Crippen molar-refractivity contribution in [2.75, 3.05) is 0 Å². The van der Waals surface area contributed by atoms with E-state index in [1.54, 1.807) is 0 Å². The smallest absolute Gasteiger partial charge is 0.211 e. The second-order valence-corrected chi connectivity index (χ2v) is 12.3. The predicted octanol–water partition coefficient (Wildman–Crippen LogP) is 14.1. The van der Waals surface area contributed by atoms with Crippen LogP contribution in [0.1, 0.15) is 0 Å². The average Bonchev–Trinajstić information content (AvgIpc) is 3.01. The number of rotatable bonds is 18. The van der Waals surface area contributed by atoms with Crippen LogP contribution < -0.4 is 0 Å². The molecular weight excluding hydrogens is 1070 g/mol.